The van der Waals surface area contributed by atoms with Gasteiger partial charge in [0.15, 0.2) is 0 Å². The van der Waals surface area contributed by atoms with E-state index in [4.69, 9.17) is 9.47 Å². The first-order valence-corrected chi connectivity index (χ1v) is 8.72. The molecule has 0 atom stereocenters. The van der Waals surface area contributed by atoms with Crippen molar-refractivity contribution in [3.8, 4) is 0 Å². The molecular formula is C17H36N2O2. The molecule has 4 nitrogen and oxygen atoms in total. The lowest BCUT2D eigenvalue weighted by atomic mass is 9.93. The number of unbranched alkanes of at least 4 members (excludes halogenated alkanes) is 3. The summed E-state index contributed by atoms with van der Waals surface area (Å²) in [6, 6.07) is 0.722. The molecule has 0 radical (unpaired) electrons. The van der Waals surface area contributed by atoms with E-state index >= 15 is 0 Å². The Kier molecular flexibility index (Phi) is 11.1. The minimum Gasteiger partial charge on any atom is -0.383 e. The van der Waals surface area contributed by atoms with Crippen molar-refractivity contribution in [2.24, 2.45) is 0 Å². The molecule has 0 aromatic carbocycles. The lowest BCUT2D eigenvalue weighted by Crippen LogP contribution is -2.33. The number of likely N-dealkylation sites (N-methyl/N-ethyl adjacent to an activating group) is 1. The third-order valence-electron chi connectivity index (χ3n) is 4.55. The highest BCUT2D eigenvalue weighted by Gasteiger charge is 2.19. The van der Waals surface area contributed by atoms with Crippen LogP contribution in [0.3, 0.4) is 0 Å². The van der Waals surface area contributed by atoms with Crippen LogP contribution in [0.15, 0.2) is 0 Å². The predicted octanol–water partition coefficient (Wildman–Crippen LogP) is 2.67. The Morgan fingerprint density at radius 1 is 0.952 bits per heavy atom. The summed E-state index contributed by atoms with van der Waals surface area (Å²) in [5, 5.41) is 3.37. The van der Waals surface area contributed by atoms with Crippen molar-refractivity contribution in [2.45, 2.75) is 63.5 Å². The zero-order valence-electron chi connectivity index (χ0n) is 14.4. The van der Waals surface area contributed by atoms with Gasteiger partial charge in [-0.25, -0.2) is 0 Å². The van der Waals surface area contributed by atoms with Gasteiger partial charge in [0.05, 0.1) is 12.7 Å². The third kappa shape index (κ3) is 9.46. The third-order valence-corrected chi connectivity index (χ3v) is 4.55. The van der Waals surface area contributed by atoms with Crippen LogP contribution in [0.1, 0.15) is 51.4 Å². The molecule has 1 saturated carbocycles. The molecule has 1 aliphatic carbocycles. The normalized spacial score (nSPS) is 22.9. The van der Waals surface area contributed by atoms with E-state index in [0.717, 1.165) is 25.8 Å². The standard InChI is InChI=1S/C17H36N2O2/c1-18-16-8-10-17(11-9-16)21-14-7-5-4-6-12-19(2)13-15-20-3/h16-18H,4-15H2,1-3H3/t16-,17-. The number of hydrogen-bond donors (Lipinski definition) is 1. The second-order valence-electron chi connectivity index (χ2n) is 6.34. The fourth-order valence-corrected chi connectivity index (χ4v) is 2.96. The van der Waals surface area contributed by atoms with Crippen molar-refractivity contribution in [1.82, 2.24) is 10.2 Å². The minimum atomic E-state index is 0.523. The average molecular weight is 300 g/mol. The zero-order valence-corrected chi connectivity index (χ0v) is 14.4. The Bertz CT molecular complexity index is 231. The van der Waals surface area contributed by atoms with E-state index in [9.17, 15) is 0 Å². The molecule has 0 unspecified atom stereocenters. The van der Waals surface area contributed by atoms with E-state index < -0.39 is 0 Å². The molecule has 1 aliphatic rings. The second-order valence-corrected chi connectivity index (χ2v) is 6.34. The van der Waals surface area contributed by atoms with Gasteiger partial charge in [0.2, 0.25) is 0 Å². The number of rotatable bonds is 12. The first-order valence-electron chi connectivity index (χ1n) is 8.72. The molecule has 0 aromatic heterocycles. The van der Waals surface area contributed by atoms with Crippen LogP contribution < -0.4 is 5.32 Å². The van der Waals surface area contributed by atoms with Crippen molar-refractivity contribution >= 4 is 0 Å². The topological polar surface area (TPSA) is 33.7 Å². The summed E-state index contributed by atoms with van der Waals surface area (Å²) in [7, 11) is 6.00. The first kappa shape index (κ1) is 18.9. The summed E-state index contributed by atoms with van der Waals surface area (Å²) in [6.07, 6.45) is 10.6. The van der Waals surface area contributed by atoms with Crippen LogP contribution in [0, 0.1) is 0 Å². The first-order chi connectivity index (χ1) is 10.3. The highest BCUT2D eigenvalue weighted by Crippen LogP contribution is 2.21. The molecule has 0 bridgehead atoms. The quantitative estimate of drug-likeness (QED) is 0.562. The maximum atomic E-state index is 6.00. The highest BCUT2D eigenvalue weighted by atomic mass is 16.5. The van der Waals surface area contributed by atoms with Crippen LogP contribution in [0.2, 0.25) is 0 Å². The Labute approximate surface area is 131 Å². The largest absolute Gasteiger partial charge is 0.383 e. The molecule has 1 N–H and O–H groups in total. The summed E-state index contributed by atoms with van der Waals surface area (Å²) in [4.78, 5) is 2.35. The van der Waals surface area contributed by atoms with Crippen LogP contribution >= 0.6 is 0 Å². The van der Waals surface area contributed by atoms with E-state index in [-0.39, 0.29) is 0 Å². The zero-order chi connectivity index (χ0) is 15.3. The molecule has 126 valence electrons. The molecular weight excluding hydrogens is 264 g/mol. The van der Waals surface area contributed by atoms with Gasteiger partial charge in [0.25, 0.3) is 0 Å². The van der Waals surface area contributed by atoms with Crippen LogP contribution in [0.5, 0.6) is 0 Å². The summed E-state index contributed by atoms with van der Waals surface area (Å²) in [5.74, 6) is 0. The monoisotopic (exact) mass is 300 g/mol. The van der Waals surface area contributed by atoms with Crippen molar-refractivity contribution < 1.29 is 9.47 Å². The highest BCUT2D eigenvalue weighted by molar-refractivity contribution is 4.76. The van der Waals surface area contributed by atoms with Crippen LogP contribution in [-0.4, -0.2) is 64.6 Å². The Morgan fingerprint density at radius 3 is 2.33 bits per heavy atom. The molecule has 4 heteroatoms. The predicted molar refractivity (Wildman–Crippen MR) is 88.9 cm³/mol. The minimum absolute atomic E-state index is 0.523. The average Bonchev–Trinajstić information content (AvgIpc) is 2.52. The van der Waals surface area contributed by atoms with Gasteiger partial charge in [-0.3, -0.25) is 0 Å². The maximum absolute atomic E-state index is 6.00. The lowest BCUT2D eigenvalue weighted by Gasteiger charge is -2.28. The van der Waals surface area contributed by atoms with Crippen molar-refractivity contribution in [3.63, 3.8) is 0 Å². The summed E-state index contributed by atoms with van der Waals surface area (Å²) < 4.78 is 11.1. The summed E-state index contributed by atoms with van der Waals surface area (Å²) in [6.45, 7) is 4.00. The smallest absolute Gasteiger partial charge is 0.0589 e. The Morgan fingerprint density at radius 2 is 1.67 bits per heavy atom. The van der Waals surface area contributed by atoms with Crippen molar-refractivity contribution in [2.75, 3.05) is 47.5 Å². The van der Waals surface area contributed by atoms with Gasteiger partial charge in [-0.1, -0.05) is 12.8 Å². The maximum Gasteiger partial charge on any atom is 0.0589 e. The molecule has 21 heavy (non-hydrogen) atoms. The molecule has 0 aromatic rings. The van der Waals surface area contributed by atoms with Gasteiger partial charge in [0.1, 0.15) is 0 Å². The number of methoxy groups -OCH3 is 1. The molecule has 0 aliphatic heterocycles. The van der Waals surface area contributed by atoms with Gasteiger partial charge >= 0.3 is 0 Å². The second kappa shape index (κ2) is 12.4. The van der Waals surface area contributed by atoms with Gasteiger partial charge in [-0.15, -0.1) is 0 Å². The lowest BCUT2D eigenvalue weighted by molar-refractivity contribution is 0.0210. The number of hydrogen-bond acceptors (Lipinski definition) is 4. The van der Waals surface area contributed by atoms with E-state index in [0.29, 0.717) is 6.10 Å². The van der Waals surface area contributed by atoms with E-state index in [1.54, 1.807) is 7.11 Å². The molecule has 0 saturated heterocycles. The molecule has 1 fully saturated rings. The molecule has 0 amide bonds. The van der Waals surface area contributed by atoms with E-state index in [1.807, 2.05) is 0 Å². The van der Waals surface area contributed by atoms with Gasteiger partial charge < -0.3 is 19.7 Å². The van der Waals surface area contributed by atoms with Crippen LogP contribution in [0.25, 0.3) is 0 Å². The number of nitrogens with zero attached hydrogens (tertiary/aromatic N) is 1. The van der Waals surface area contributed by atoms with E-state index in [1.165, 1.54) is 57.9 Å². The Balaban J connectivity index is 1.84. The summed E-state index contributed by atoms with van der Waals surface area (Å²) >= 11 is 0. The van der Waals surface area contributed by atoms with Gasteiger partial charge in [-0.05, 0) is 59.2 Å². The van der Waals surface area contributed by atoms with Gasteiger partial charge in [0, 0.05) is 26.3 Å². The van der Waals surface area contributed by atoms with Gasteiger partial charge in [-0.2, -0.15) is 0 Å². The number of ether oxygens (including phenoxy) is 2. The fourth-order valence-electron chi connectivity index (χ4n) is 2.96. The molecule has 0 heterocycles. The molecule has 0 spiro atoms. The Hall–Kier alpha value is -0.160. The molecule has 1 rings (SSSR count). The van der Waals surface area contributed by atoms with Crippen LogP contribution in [0.4, 0.5) is 0 Å². The van der Waals surface area contributed by atoms with Crippen LogP contribution in [-0.2, 0) is 9.47 Å². The number of nitrogens with one attached hydrogen (secondary N) is 1. The fraction of sp³-hybridized carbons (Fsp3) is 1.00. The summed E-state index contributed by atoms with van der Waals surface area (Å²) in [5.41, 5.74) is 0. The SMILES string of the molecule is CN[C@H]1CC[C@H](OCCCCCCN(C)CCOC)CC1. The van der Waals surface area contributed by atoms with E-state index in [2.05, 4.69) is 24.3 Å². The van der Waals surface area contributed by atoms with Crippen molar-refractivity contribution in [3.05, 3.63) is 0 Å². The van der Waals surface area contributed by atoms with Crippen molar-refractivity contribution in [1.29, 1.82) is 0 Å².